The van der Waals surface area contributed by atoms with Crippen molar-refractivity contribution in [3.63, 3.8) is 0 Å². The molecule has 2 aliphatic heterocycles. The van der Waals surface area contributed by atoms with Crippen LogP contribution in [0.5, 0.6) is 0 Å². The van der Waals surface area contributed by atoms with Gasteiger partial charge in [0.25, 0.3) is 10.0 Å². The molecule has 0 radical (unpaired) electrons. The third-order valence-electron chi connectivity index (χ3n) is 4.83. The van der Waals surface area contributed by atoms with Gasteiger partial charge >= 0.3 is 0 Å². The van der Waals surface area contributed by atoms with Gasteiger partial charge in [0, 0.05) is 42.4 Å². The molecule has 1 fully saturated rings. The summed E-state index contributed by atoms with van der Waals surface area (Å²) in [6.07, 6.45) is 3.44. The van der Waals surface area contributed by atoms with Crippen LogP contribution in [0.1, 0.15) is 6.42 Å². The van der Waals surface area contributed by atoms with Crippen LogP contribution < -0.4 is 15.4 Å². The highest BCUT2D eigenvalue weighted by Gasteiger charge is 2.23. The first-order valence-electron chi connectivity index (χ1n) is 8.69. The molecule has 0 atom stereocenters. The molecule has 136 valence electrons. The van der Waals surface area contributed by atoms with E-state index in [1.807, 2.05) is 12.1 Å². The number of piperazine rings is 1. The van der Waals surface area contributed by atoms with Crippen molar-refractivity contribution in [1.29, 1.82) is 0 Å². The Balaban J connectivity index is 1.48. The lowest BCUT2D eigenvalue weighted by atomic mass is 10.2. The monoisotopic (exact) mass is 370 g/mol. The zero-order chi connectivity index (χ0) is 18.1. The number of sulfonamides is 1. The van der Waals surface area contributed by atoms with Gasteiger partial charge in [-0.05, 0) is 48.9 Å². The molecule has 2 aliphatic rings. The maximum atomic E-state index is 12.5. The van der Waals surface area contributed by atoms with Crippen molar-refractivity contribution in [2.45, 2.75) is 11.3 Å². The highest BCUT2D eigenvalue weighted by Crippen LogP contribution is 2.26. The fourth-order valence-electron chi connectivity index (χ4n) is 3.45. The molecule has 2 aromatic rings. The van der Waals surface area contributed by atoms with Crippen LogP contribution in [0.25, 0.3) is 0 Å². The van der Waals surface area contributed by atoms with Crippen LogP contribution in [0.3, 0.4) is 0 Å². The Labute approximate surface area is 154 Å². The Bertz CT molecular complexity index is 938. The Morgan fingerprint density at radius 2 is 1.73 bits per heavy atom. The first-order chi connectivity index (χ1) is 12.5. The smallest absolute Gasteiger partial charge is 0.261 e. The highest BCUT2D eigenvalue weighted by molar-refractivity contribution is 7.92. The summed E-state index contributed by atoms with van der Waals surface area (Å²) in [6.45, 7) is 4.06. The number of hydrogen-bond acceptors (Lipinski definition) is 5. The normalized spacial score (nSPS) is 17.0. The Morgan fingerprint density at radius 3 is 2.50 bits per heavy atom. The van der Waals surface area contributed by atoms with E-state index >= 15 is 0 Å². The van der Waals surface area contributed by atoms with Crippen LogP contribution in [-0.2, 0) is 10.0 Å². The molecule has 26 heavy (non-hydrogen) atoms. The number of fused-ring (bicyclic) bond motifs is 1. The standard InChI is InChI=1S/C19H22N4O2S/c20-15-3-1-5-19(13-15)26(24,25)21-16-6-8-17(9-7-16)23-12-11-22-10-2-4-18(22)14-23/h1,3-9,13,21H,2,10-12,14,20H2. The van der Waals surface area contributed by atoms with Crippen LogP contribution in [0, 0.1) is 0 Å². The quantitative estimate of drug-likeness (QED) is 0.809. The van der Waals surface area contributed by atoms with Crippen molar-refractivity contribution in [2.75, 3.05) is 41.5 Å². The van der Waals surface area contributed by atoms with E-state index in [0.717, 1.165) is 38.3 Å². The molecule has 3 N–H and O–H groups in total. The van der Waals surface area contributed by atoms with Gasteiger partial charge in [-0.2, -0.15) is 0 Å². The lowest BCUT2D eigenvalue weighted by Gasteiger charge is -2.37. The maximum Gasteiger partial charge on any atom is 0.261 e. The largest absolute Gasteiger partial charge is 0.399 e. The molecule has 2 aromatic carbocycles. The van der Waals surface area contributed by atoms with E-state index in [2.05, 4.69) is 20.6 Å². The zero-order valence-corrected chi connectivity index (χ0v) is 15.2. The Kier molecular flexibility index (Phi) is 4.24. The van der Waals surface area contributed by atoms with E-state index in [4.69, 9.17) is 5.73 Å². The molecule has 2 heterocycles. The van der Waals surface area contributed by atoms with Gasteiger partial charge in [0.2, 0.25) is 0 Å². The average molecular weight is 370 g/mol. The maximum absolute atomic E-state index is 12.5. The third-order valence-corrected chi connectivity index (χ3v) is 6.21. The molecule has 0 unspecified atom stereocenters. The summed E-state index contributed by atoms with van der Waals surface area (Å²) < 4.78 is 27.6. The molecular formula is C19H22N4O2S. The van der Waals surface area contributed by atoms with Gasteiger partial charge in [-0.3, -0.25) is 4.72 Å². The van der Waals surface area contributed by atoms with Gasteiger partial charge in [0.1, 0.15) is 0 Å². The molecule has 4 rings (SSSR count). The van der Waals surface area contributed by atoms with E-state index < -0.39 is 10.0 Å². The van der Waals surface area contributed by atoms with Gasteiger partial charge < -0.3 is 15.5 Å². The van der Waals surface area contributed by atoms with Crippen molar-refractivity contribution in [2.24, 2.45) is 0 Å². The summed E-state index contributed by atoms with van der Waals surface area (Å²) in [6, 6.07) is 13.8. The molecule has 0 bridgehead atoms. The second kappa shape index (κ2) is 6.57. The fraction of sp³-hybridized carbons (Fsp3) is 0.263. The van der Waals surface area contributed by atoms with Gasteiger partial charge in [0.15, 0.2) is 0 Å². The topological polar surface area (TPSA) is 78.7 Å². The molecule has 0 amide bonds. The molecule has 7 heteroatoms. The van der Waals surface area contributed by atoms with Crippen molar-refractivity contribution in [3.8, 4) is 0 Å². The van der Waals surface area contributed by atoms with E-state index in [1.54, 1.807) is 24.3 Å². The summed E-state index contributed by atoms with van der Waals surface area (Å²) in [5, 5.41) is 0. The number of nitrogens with two attached hydrogens (primary N) is 1. The van der Waals surface area contributed by atoms with E-state index in [9.17, 15) is 8.42 Å². The van der Waals surface area contributed by atoms with Gasteiger partial charge in [0.05, 0.1) is 11.4 Å². The molecule has 0 aliphatic carbocycles. The van der Waals surface area contributed by atoms with E-state index in [1.165, 1.54) is 17.8 Å². The lowest BCUT2D eigenvalue weighted by Crippen LogP contribution is -2.43. The second-order valence-electron chi connectivity index (χ2n) is 6.62. The van der Waals surface area contributed by atoms with Crippen LogP contribution in [0.15, 0.2) is 65.2 Å². The predicted molar refractivity (Wildman–Crippen MR) is 105 cm³/mol. The highest BCUT2D eigenvalue weighted by atomic mass is 32.2. The summed E-state index contributed by atoms with van der Waals surface area (Å²) in [4.78, 5) is 4.92. The van der Waals surface area contributed by atoms with Crippen LogP contribution in [0.4, 0.5) is 17.1 Å². The number of hydrogen-bond donors (Lipinski definition) is 2. The second-order valence-corrected chi connectivity index (χ2v) is 8.30. The SMILES string of the molecule is Nc1cccc(S(=O)(=O)Nc2ccc(N3CCN4CCC=C4C3)cc2)c1. The number of nitrogen functional groups attached to an aromatic ring is 1. The molecule has 1 saturated heterocycles. The van der Waals surface area contributed by atoms with Gasteiger partial charge in [-0.1, -0.05) is 12.1 Å². The zero-order valence-electron chi connectivity index (χ0n) is 14.4. The first kappa shape index (κ1) is 16.8. The minimum Gasteiger partial charge on any atom is -0.399 e. The van der Waals surface area contributed by atoms with E-state index in [-0.39, 0.29) is 4.90 Å². The lowest BCUT2D eigenvalue weighted by molar-refractivity contribution is 0.348. The summed E-state index contributed by atoms with van der Waals surface area (Å²) in [5.74, 6) is 0. The Hall–Kier alpha value is -2.67. The van der Waals surface area contributed by atoms with Crippen LogP contribution in [0.2, 0.25) is 0 Å². The molecule has 0 saturated carbocycles. The van der Waals surface area contributed by atoms with Crippen molar-refractivity contribution >= 4 is 27.1 Å². The van der Waals surface area contributed by atoms with E-state index in [0.29, 0.717) is 11.4 Å². The molecule has 6 nitrogen and oxygen atoms in total. The minimum absolute atomic E-state index is 0.158. The number of anilines is 3. The fourth-order valence-corrected chi connectivity index (χ4v) is 4.57. The minimum atomic E-state index is -3.64. The van der Waals surface area contributed by atoms with Crippen LogP contribution in [-0.4, -0.2) is 39.5 Å². The number of benzene rings is 2. The van der Waals surface area contributed by atoms with Crippen molar-refractivity contribution < 1.29 is 8.42 Å². The number of nitrogens with zero attached hydrogens (tertiary/aromatic N) is 2. The summed E-state index contributed by atoms with van der Waals surface area (Å²) in [7, 11) is -3.64. The van der Waals surface area contributed by atoms with Crippen molar-refractivity contribution in [1.82, 2.24) is 4.90 Å². The molecule has 0 aromatic heterocycles. The summed E-state index contributed by atoms with van der Waals surface area (Å²) >= 11 is 0. The predicted octanol–water partition coefficient (Wildman–Crippen LogP) is 2.48. The third kappa shape index (κ3) is 3.35. The van der Waals surface area contributed by atoms with Crippen LogP contribution >= 0.6 is 0 Å². The molecule has 0 spiro atoms. The number of nitrogens with one attached hydrogen (secondary N) is 1. The summed E-state index contributed by atoms with van der Waals surface area (Å²) in [5.41, 5.74) is 9.13. The Morgan fingerprint density at radius 1 is 0.962 bits per heavy atom. The first-order valence-corrected chi connectivity index (χ1v) is 10.2. The van der Waals surface area contributed by atoms with Crippen molar-refractivity contribution in [3.05, 3.63) is 60.3 Å². The molecular weight excluding hydrogens is 348 g/mol. The van der Waals surface area contributed by atoms with Gasteiger partial charge in [-0.15, -0.1) is 0 Å². The average Bonchev–Trinajstić information content (AvgIpc) is 3.10. The van der Waals surface area contributed by atoms with Gasteiger partial charge in [-0.25, -0.2) is 8.42 Å². The number of rotatable bonds is 4.